The Hall–Kier alpha value is -8.71. The second kappa shape index (κ2) is 53.0. The number of halogens is 6. The largest absolute Gasteiger partial charge is 0.508 e. The molecule has 0 aliphatic carbocycles. The van der Waals surface area contributed by atoms with Crippen LogP contribution >= 0.6 is 84.8 Å². The lowest BCUT2D eigenvalue weighted by Crippen LogP contribution is -2.16. The molecule has 0 aliphatic rings. The van der Waals surface area contributed by atoms with E-state index in [2.05, 4.69) is 5.10 Å². The first-order valence-electron chi connectivity index (χ1n) is 41.4. The monoisotopic (exact) mass is 1940 g/mol. The first-order valence-corrected chi connectivity index (χ1v) is 48.5. The van der Waals surface area contributed by atoms with Gasteiger partial charge in [0.15, 0.2) is 19.5 Å². The van der Waals surface area contributed by atoms with Crippen molar-refractivity contribution in [2.45, 2.75) is 178 Å². The fourth-order valence-electron chi connectivity index (χ4n) is 12.5. The summed E-state index contributed by atoms with van der Waals surface area (Å²) in [6.07, 6.45) is 0.618. The molecule has 37 heteroatoms. The Morgan fingerprint density at radius 3 is 0.984 bits per heavy atom. The number of ether oxygens (including phenoxy) is 9. The average Bonchev–Trinajstić information content (AvgIpc) is 1.65. The van der Waals surface area contributed by atoms with E-state index in [1.807, 2.05) is 121 Å². The van der Waals surface area contributed by atoms with Gasteiger partial charge in [-0.25, -0.2) is 14.0 Å². The van der Waals surface area contributed by atoms with Crippen molar-refractivity contribution in [3.8, 4) is 34.9 Å². The third kappa shape index (κ3) is 34.5. The third-order valence-corrected chi connectivity index (χ3v) is 24.3. The number of aromatic hydroxyl groups is 1. The van der Waals surface area contributed by atoms with Crippen LogP contribution < -0.4 is 23.7 Å². The lowest BCUT2D eigenvalue weighted by Gasteiger charge is -2.17. The summed E-state index contributed by atoms with van der Waals surface area (Å²) in [6.45, 7) is 28.5. The normalized spacial score (nSPS) is 11.5. The zero-order valence-corrected chi connectivity index (χ0v) is 81.5. The topological polar surface area (TPSA) is 322 Å². The van der Waals surface area contributed by atoms with Crippen molar-refractivity contribution in [1.82, 2.24) is 29.3 Å². The maximum absolute atomic E-state index is 12.7. The second-order valence-electron chi connectivity index (χ2n) is 29.3. The molecule has 696 valence electrons. The molecule has 0 spiro atoms. The molecular formula is C91H112Cl6N6O22P2S. The van der Waals surface area contributed by atoms with Crippen molar-refractivity contribution in [3.05, 3.63) is 255 Å². The minimum atomic E-state index is -3.98. The Morgan fingerprint density at radius 2 is 0.695 bits per heavy atom. The van der Waals surface area contributed by atoms with Gasteiger partial charge in [-0.1, -0.05) is 165 Å². The summed E-state index contributed by atoms with van der Waals surface area (Å²) in [5, 5.41) is 26.9. The van der Waals surface area contributed by atoms with E-state index in [1.54, 1.807) is 136 Å². The van der Waals surface area contributed by atoms with Gasteiger partial charge >= 0.3 is 33.1 Å². The number of benzene rings is 7. The van der Waals surface area contributed by atoms with E-state index in [9.17, 15) is 37.0 Å². The number of hydrogen-bond acceptors (Lipinski definition) is 25. The molecule has 128 heavy (non-hydrogen) atoms. The Morgan fingerprint density at radius 1 is 0.398 bits per heavy atom. The van der Waals surface area contributed by atoms with Crippen molar-refractivity contribution in [3.63, 3.8) is 0 Å². The number of methoxy groups -OCH3 is 1. The van der Waals surface area contributed by atoms with Crippen LogP contribution in [0.5, 0.6) is 34.9 Å². The number of rotatable bonds is 45. The summed E-state index contributed by atoms with van der Waals surface area (Å²) in [4.78, 5) is 36.9. The van der Waals surface area contributed by atoms with Gasteiger partial charge in [0.25, 0.3) is 10.1 Å². The van der Waals surface area contributed by atoms with Gasteiger partial charge in [0.1, 0.15) is 56.7 Å². The number of aromatic nitrogens is 6. The van der Waals surface area contributed by atoms with E-state index in [1.165, 1.54) is 12.1 Å². The summed E-state index contributed by atoms with van der Waals surface area (Å²) in [6, 6.07) is 43.8. The van der Waals surface area contributed by atoms with Crippen LogP contribution in [0.4, 0.5) is 0 Å². The van der Waals surface area contributed by atoms with Gasteiger partial charge in [-0.15, -0.1) is 0 Å². The first kappa shape index (κ1) is 106. The van der Waals surface area contributed by atoms with Gasteiger partial charge in [-0.3, -0.25) is 27.7 Å². The number of nitrogens with zero attached hydrogens (tertiary/aromatic N) is 6. The molecular weight excluding hydrogens is 1840 g/mol. The zero-order chi connectivity index (χ0) is 93.8. The summed E-state index contributed by atoms with van der Waals surface area (Å²) >= 11 is 37.4. The van der Waals surface area contributed by atoms with Gasteiger partial charge in [-0.2, -0.15) is 23.7 Å². The number of phenols is 1. The van der Waals surface area contributed by atoms with Crippen molar-refractivity contribution < 1.29 is 102 Å². The van der Waals surface area contributed by atoms with Gasteiger partial charge in [0.2, 0.25) is 17.6 Å². The maximum atomic E-state index is 12.7. The Kier molecular flexibility index (Phi) is 44.0. The second-order valence-corrected chi connectivity index (χ2v) is 37.5. The minimum Gasteiger partial charge on any atom is -0.508 e. The predicted molar refractivity (Wildman–Crippen MR) is 495 cm³/mol. The van der Waals surface area contributed by atoms with E-state index in [0.717, 1.165) is 72.7 Å². The van der Waals surface area contributed by atoms with Crippen molar-refractivity contribution in [1.29, 1.82) is 0 Å². The smallest absolute Gasteiger partial charge is 0.367 e. The van der Waals surface area contributed by atoms with E-state index < -0.39 is 43.6 Å². The van der Waals surface area contributed by atoms with Gasteiger partial charge < -0.3 is 65.8 Å². The van der Waals surface area contributed by atoms with Gasteiger partial charge in [0.05, 0.1) is 68.2 Å². The highest BCUT2D eigenvalue weighted by Gasteiger charge is 2.32. The number of aryl methyl sites for hydroxylation is 1. The maximum Gasteiger partial charge on any atom is 0.367 e. The molecule has 0 atom stereocenters. The van der Waals surface area contributed by atoms with Crippen LogP contribution in [-0.2, 0) is 134 Å². The number of hydrogen-bond donors (Lipinski definition) is 1. The third-order valence-electron chi connectivity index (χ3n) is 18.0. The average molecular weight is 1950 g/mol. The minimum absolute atomic E-state index is 0.00245. The Bertz CT molecular complexity index is 5350. The van der Waals surface area contributed by atoms with E-state index in [-0.39, 0.29) is 127 Å². The highest BCUT2D eigenvalue weighted by atomic mass is 35.5. The summed E-state index contributed by atoms with van der Waals surface area (Å²) in [7, 11) is -9.28. The summed E-state index contributed by atoms with van der Waals surface area (Å²) in [5.41, 5.74) is 11.3. The standard InChI is InChI=1S/C29H37Cl2N2O7P.C26H30Cl2N2O5.C24H26Cl2N2O4.C12H19O6PS/c1-6-36-27(34)17-33-29(26(28(32-33)20(4)5)15-22-13-23(30)16-24(31)14-22)37-18-21-9-11-25(12-10-21)38-19-41(35,39-7-2)40-8-3;1-5-33-24(31)14-30-26(34-15-18-6-8-22(9-7-18)35-16-32-4)23(25(29-30)17(2)3)12-19-10-20(27)13-21(28)11-19;1-4-31-22(30)13-28-24(32-14-16-5-7-20(29)8-6-16)21(23(27-28)15(2)3)11-17-9-18(25)12-19(26)10-17;1-4-16-19(13,17-5-2)10-18-20(14,15)12-8-6-11(3)7-9-12/h9-14,16,20H,6-8,15,17-19H2,1-5H3;6-11,13,17H,5,12,14-16H2,1-4H3;5-10,12,15,29H,4,11,13-14H2,1-3H3;6-9H,4-5,10H2,1-3H3. The van der Waals surface area contributed by atoms with Gasteiger partial charge in [0, 0.05) is 73.2 Å². The number of phenolic OH excluding ortho intramolecular Hbond substituents is 1. The number of esters is 3. The molecule has 0 unspecified atom stereocenters. The molecule has 3 aromatic heterocycles. The van der Waals surface area contributed by atoms with Crippen LogP contribution in [0.3, 0.4) is 0 Å². The molecule has 0 amide bonds. The van der Waals surface area contributed by atoms with Crippen molar-refractivity contribution >= 4 is 113 Å². The molecule has 0 saturated heterocycles. The number of carbonyl (C=O) groups is 3. The lowest BCUT2D eigenvalue weighted by molar-refractivity contribution is -0.145. The Balaban J connectivity index is 0.000000240. The van der Waals surface area contributed by atoms with E-state index >= 15 is 0 Å². The van der Waals surface area contributed by atoms with Crippen molar-refractivity contribution in [2.75, 3.05) is 72.8 Å². The zero-order valence-electron chi connectivity index (χ0n) is 74.4. The fourth-order valence-corrected chi connectivity index (χ4v) is 18.3. The van der Waals surface area contributed by atoms with Crippen LogP contribution in [0.1, 0.15) is 180 Å². The van der Waals surface area contributed by atoms with Crippen LogP contribution in [-0.4, -0.2) is 134 Å². The molecule has 0 saturated carbocycles. The van der Waals surface area contributed by atoms with E-state index in [0.29, 0.717) is 85.1 Å². The van der Waals surface area contributed by atoms with Crippen LogP contribution in [0.25, 0.3) is 0 Å². The molecule has 0 aliphatic heterocycles. The molecule has 10 aromatic rings. The van der Waals surface area contributed by atoms with Crippen molar-refractivity contribution in [2.24, 2.45) is 0 Å². The molecule has 0 fully saturated rings. The van der Waals surface area contributed by atoms with Gasteiger partial charge in [-0.05, 0) is 210 Å². The molecule has 7 aromatic carbocycles. The molecule has 10 rings (SSSR count). The molecule has 28 nitrogen and oxygen atoms in total. The highest BCUT2D eigenvalue weighted by molar-refractivity contribution is 7.87. The lowest BCUT2D eigenvalue weighted by atomic mass is 9.99. The summed E-state index contributed by atoms with van der Waals surface area (Å²) in [5.74, 6) is 1.94. The molecule has 0 radical (unpaired) electrons. The molecule has 3 heterocycles. The quantitative estimate of drug-likeness (QED) is 0.0122. The predicted octanol–water partition coefficient (Wildman–Crippen LogP) is 22.4. The highest BCUT2D eigenvalue weighted by Crippen LogP contribution is 2.50. The SMILES string of the molecule is CCOC(=O)Cn1nc(C(C)C)c(Cc2cc(Cl)cc(Cl)c2)c1OCc1ccc(O)cc1.CCOC(=O)Cn1nc(C(C)C)c(Cc2cc(Cl)cc(Cl)c2)c1OCc1ccc(OCOC)cc1.CCOC(=O)Cn1nc(C(C)C)c(Cc2cc(Cl)cc(Cl)c2)c1OCc1ccc(OCP(=O)(OCC)OCC)cc1.CCOP(=O)(COS(=O)(=O)c1ccc(C)cc1)OCC. The molecule has 1 N–H and O–H groups in total. The van der Waals surface area contributed by atoms with Crippen LogP contribution in [0.15, 0.2) is 157 Å². The van der Waals surface area contributed by atoms with Crippen LogP contribution in [0, 0.1) is 6.92 Å². The summed E-state index contributed by atoms with van der Waals surface area (Å²) < 4.78 is 129. The molecule has 0 bridgehead atoms. The number of carbonyl (C=O) groups excluding carboxylic acids is 3. The fraction of sp³-hybridized carbons (Fsp3) is 0.407. The van der Waals surface area contributed by atoms with Crippen LogP contribution in [0.2, 0.25) is 30.1 Å². The first-order chi connectivity index (χ1) is 61.0. The Labute approximate surface area is 779 Å². The van der Waals surface area contributed by atoms with E-state index in [4.69, 9.17) is 145 Å².